The molecular weight excluding hydrogens is 238 g/mol. The van der Waals surface area contributed by atoms with Gasteiger partial charge in [-0.25, -0.2) is 0 Å². The van der Waals surface area contributed by atoms with Gasteiger partial charge in [0.1, 0.15) is 6.10 Å². The normalized spacial score (nSPS) is 13.7. The summed E-state index contributed by atoms with van der Waals surface area (Å²) in [5.74, 6) is 0. The average Bonchev–Trinajstić information content (AvgIpc) is 2.37. The van der Waals surface area contributed by atoms with E-state index in [0.29, 0.717) is 0 Å². The van der Waals surface area contributed by atoms with Gasteiger partial charge in [-0.1, -0.05) is 0 Å². The molecule has 0 heterocycles. The van der Waals surface area contributed by atoms with Crippen molar-refractivity contribution in [2.75, 3.05) is 13.6 Å². The SMILES string of the molecule is CNCC(O)C(O)c1ccc(C#N)cc1[N+](=O)[O-]. The first kappa shape index (κ1) is 14.1. The molecule has 18 heavy (non-hydrogen) atoms. The number of benzene rings is 1. The van der Waals surface area contributed by atoms with Crippen molar-refractivity contribution in [1.29, 1.82) is 5.26 Å². The van der Waals surface area contributed by atoms with Crippen LogP contribution in [-0.4, -0.2) is 34.8 Å². The van der Waals surface area contributed by atoms with E-state index >= 15 is 0 Å². The lowest BCUT2D eigenvalue weighted by Gasteiger charge is -2.17. The quantitative estimate of drug-likeness (QED) is 0.503. The smallest absolute Gasteiger partial charge is 0.276 e. The van der Waals surface area contributed by atoms with E-state index in [1.807, 2.05) is 0 Å². The zero-order chi connectivity index (χ0) is 13.7. The summed E-state index contributed by atoms with van der Waals surface area (Å²) >= 11 is 0. The molecule has 7 nitrogen and oxygen atoms in total. The van der Waals surface area contributed by atoms with Crippen molar-refractivity contribution in [3.63, 3.8) is 0 Å². The van der Waals surface area contributed by atoms with Crippen LogP contribution in [0, 0.1) is 21.4 Å². The summed E-state index contributed by atoms with van der Waals surface area (Å²) in [5, 5.41) is 41.6. The summed E-state index contributed by atoms with van der Waals surface area (Å²) in [7, 11) is 1.59. The number of likely N-dealkylation sites (N-methyl/N-ethyl adjacent to an activating group) is 1. The summed E-state index contributed by atoms with van der Waals surface area (Å²) in [6, 6.07) is 5.49. The second kappa shape index (κ2) is 6.07. The number of aliphatic hydroxyl groups is 2. The Bertz CT molecular complexity index is 484. The molecule has 2 unspecified atom stereocenters. The van der Waals surface area contributed by atoms with E-state index in [-0.39, 0.29) is 23.4 Å². The van der Waals surface area contributed by atoms with E-state index in [4.69, 9.17) is 5.26 Å². The van der Waals surface area contributed by atoms with Crippen molar-refractivity contribution in [3.8, 4) is 6.07 Å². The Morgan fingerprint density at radius 3 is 2.72 bits per heavy atom. The molecule has 96 valence electrons. The second-order valence-electron chi connectivity index (χ2n) is 3.71. The number of nitriles is 1. The van der Waals surface area contributed by atoms with Crippen LogP contribution in [0.4, 0.5) is 5.69 Å². The summed E-state index contributed by atoms with van der Waals surface area (Å²) in [6.07, 6.45) is -2.55. The van der Waals surface area contributed by atoms with Crippen molar-refractivity contribution in [1.82, 2.24) is 5.32 Å². The maximum atomic E-state index is 10.9. The number of nitrogens with one attached hydrogen (secondary N) is 1. The molecule has 0 aliphatic heterocycles. The molecule has 0 amide bonds. The number of nitro benzene ring substituents is 1. The molecule has 0 fully saturated rings. The van der Waals surface area contributed by atoms with Crippen LogP contribution in [0.2, 0.25) is 0 Å². The topological polar surface area (TPSA) is 119 Å². The molecule has 0 saturated heterocycles. The maximum absolute atomic E-state index is 10.9. The molecule has 0 spiro atoms. The molecular formula is C11H13N3O4. The average molecular weight is 251 g/mol. The molecule has 0 saturated carbocycles. The third kappa shape index (κ3) is 3.01. The fourth-order valence-electron chi connectivity index (χ4n) is 1.55. The summed E-state index contributed by atoms with van der Waals surface area (Å²) in [5.41, 5.74) is -0.265. The third-order valence-corrected chi connectivity index (χ3v) is 2.45. The first-order valence-electron chi connectivity index (χ1n) is 5.20. The predicted octanol–water partition coefficient (Wildman–Crippen LogP) is 0.0802. The number of hydrogen-bond acceptors (Lipinski definition) is 6. The van der Waals surface area contributed by atoms with Crippen molar-refractivity contribution >= 4 is 5.69 Å². The summed E-state index contributed by atoms with van der Waals surface area (Å²) in [4.78, 5) is 10.2. The second-order valence-corrected chi connectivity index (χ2v) is 3.71. The predicted molar refractivity (Wildman–Crippen MR) is 62.7 cm³/mol. The number of aliphatic hydroxyl groups excluding tert-OH is 2. The highest BCUT2D eigenvalue weighted by atomic mass is 16.6. The first-order valence-corrected chi connectivity index (χ1v) is 5.20. The van der Waals surface area contributed by atoms with Gasteiger partial charge in [-0.05, 0) is 19.2 Å². The highest BCUT2D eigenvalue weighted by Crippen LogP contribution is 2.28. The largest absolute Gasteiger partial charge is 0.389 e. The van der Waals surface area contributed by atoms with Gasteiger partial charge in [0.05, 0.1) is 28.2 Å². The Morgan fingerprint density at radius 2 is 2.22 bits per heavy atom. The van der Waals surface area contributed by atoms with E-state index in [2.05, 4.69) is 5.32 Å². The molecule has 0 aromatic heterocycles. The summed E-state index contributed by atoms with van der Waals surface area (Å²) < 4.78 is 0. The summed E-state index contributed by atoms with van der Waals surface area (Å²) in [6.45, 7) is 0.0956. The Balaban J connectivity index is 3.16. The fourth-order valence-corrected chi connectivity index (χ4v) is 1.55. The third-order valence-electron chi connectivity index (χ3n) is 2.45. The first-order chi connectivity index (χ1) is 8.51. The molecule has 3 N–H and O–H groups in total. The Hall–Kier alpha value is -2.01. The van der Waals surface area contributed by atoms with Crippen LogP contribution >= 0.6 is 0 Å². The lowest BCUT2D eigenvalue weighted by atomic mass is 10.0. The standard InChI is InChI=1S/C11H13N3O4/c1-13-6-10(15)11(16)8-3-2-7(5-12)4-9(8)14(17)18/h2-4,10-11,13,15-16H,6H2,1H3. The van der Waals surface area contributed by atoms with Gasteiger partial charge >= 0.3 is 0 Å². The van der Waals surface area contributed by atoms with Crippen molar-refractivity contribution < 1.29 is 15.1 Å². The van der Waals surface area contributed by atoms with Crippen LogP contribution in [0.1, 0.15) is 17.2 Å². The van der Waals surface area contributed by atoms with Crippen LogP contribution in [0.15, 0.2) is 18.2 Å². The van der Waals surface area contributed by atoms with Gasteiger partial charge in [-0.3, -0.25) is 10.1 Å². The highest BCUT2D eigenvalue weighted by molar-refractivity contribution is 5.48. The number of rotatable bonds is 5. The zero-order valence-corrected chi connectivity index (χ0v) is 9.70. The van der Waals surface area contributed by atoms with Crippen LogP contribution in [0.25, 0.3) is 0 Å². The van der Waals surface area contributed by atoms with E-state index in [1.165, 1.54) is 12.1 Å². The lowest BCUT2D eigenvalue weighted by molar-refractivity contribution is -0.386. The minimum Gasteiger partial charge on any atom is -0.389 e. The van der Waals surface area contributed by atoms with E-state index in [0.717, 1.165) is 6.07 Å². The van der Waals surface area contributed by atoms with Gasteiger partial charge in [-0.2, -0.15) is 5.26 Å². The van der Waals surface area contributed by atoms with Crippen molar-refractivity contribution in [3.05, 3.63) is 39.4 Å². The van der Waals surface area contributed by atoms with Gasteiger partial charge in [-0.15, -0.1) is 0 Å². The minimum absolute atomic E-state index is 0.0123. The molecule has 7 heteroatoms. The van der Waals surface area contributed by atoms with E-state index < -0.39 is 17.1 Å². The molecule has 0 radical (unpaired) electrons. The van der Waals surface area contributed by atoms with Crippen LogP contribution < -0.4 is 5.32 Å². The number of nitrogens with zero attached hydrogens (tertiary/aromatic N) is 2. The molecule has 1 aromatic rings. The molecule has 0 bridgehead atoms. The van der Waals surface area contributed by atoms with Crippen LogP contribution in [0.5, 0.6) is 0 Å². The molecule has 2 atom stereocenters. The van der Waals surface area contributed by atoms with E-state index in [1.54, 1.807) is 13.1 Å². The van der Waals surface area contributed by atoms with Crippen LogP contribution in [0.3, 0.4) is 0 Å². The lowest BCUT2D eigenvalue weighted by Crippen LogP contribution is -2.29. The Kier molecular flexibility index (Phi) is 4.74. The molecule has 1 rings (SSSR count). The molecule has 0 aliphatic carbocycles. The monoisotopic (exact) mass is 251 g/mol. The van der Waals surface area contributed by atoms with Gasteiger partial charge in [0, 0.05) is 12.6 Å². The Labute approximate surface area is 103 Å². The van der Waals surface area contributed by atoms with Gasteiger partial charge in [0.15, 0.2) is 0 Å². The molecule has 1 aromatic carbocycles. The number of nitro groups is 1. The van der Waals surface area contributed by atoms with Crippen molar-refractivity contribution in [2.45, 2.75) is 12.2 Å². The highest BCUT2D eigenvalue weighted by Gasteiger charge is 2.26. The minimum atomic E-state index is -1.38. The van der Waals surface area contributed by atoms with E-state index in [9.17, 15) is 20.3 Å². The zero-order valence-electron chi connectivity index (χ0n) is 9.70. The van der Waals surface area contributed by atoms with Gasteiger partial charge < -0.3 is 15.5 Å². The van der Waals surface area contributed by atoms with Gasteiger partial charge in [0.2, 0.25) is 0 Å². The van der Waals surface area contributed by atoms with Crippen molar-refractivity contribution in [2.24, 2.45) is 0 Å². The maximum Gasteiger partial charge on any atom is 0.276 e. The number of hydrogen-bond donors (Lipinski definition) is 3. The molecule has 0 aliphatic rings. The van der Waals surface area contributed by atoms with Crippen LogP contribution in [-0.2, 0) is 0 Å². The van der Waals surface area contributed by atoms with Gasteiger partial charge in [0.25, 0.3) is 5.69 Å². The fraction of sp³-hybridized carbons (Fsp3) is 0.364. The Morgan fingerprint density at radius 1 is 1.56 bits per heavy atom.